The van der Waals surface area contributed by atoms with Crippen molar-refractivity contribution in [2.75, 3.05) is 19.8 Å². The molecule has 0 fully saturated rings. The maximum atomic E-state index is 12.6. The molecule has 0 aromatic carbocycles. The standard InChI is InChI=1S/C46H74NO12P/c1-3-5-7-9-11-12-13-14-15-16-17-18-19-20-21-23-29-35-45(51)59-42(38-57-60(54,55)58-39-43(47)46(52)53)37-56-44(50)36-30-34-41(49)33-28-25-24-27-32-40(48)31-26-22-10-8-6-4-2/h5,7,11-12,14-15,17-18,22,24-28,32-33,40-43,48-49H,3-4,6,8-10,13,16,19-21,23,29-31,34-39,47H2,1-2H3,(H,52,53)(H,54,55)/b7-5-,12-11-,15-14-,18-17-,25-24+,26-22-,32-27+,33-28-/t40-,41-,42-,43+/m1/s1. The number of aliphatic hydroxyl groups is 2. The molecule has 0 bridgehead atoms. The monoisotopic (exact) mass is 863 g/mol. The van der Waals surface area contributed by atoms with Gasteiger partial charge < -0.3 is 35.4 Å². The molecule has 0 rings (SSSR count). The minimum absolute atomic E-state index is 0.0501. The van der Waals surface area contributed by atoms with E-state index in [1.807, 2.05) is 6.08 Å². The number of carbonyl (C=O) groups excluding carboxylic acids is 2. The number of aliphatic hydroxyl groups excluding tert-OH is 2. The summed E-state index contributed by atoms with van der Waals surface area (Å²) in [4.78, 5) is 46.0. The Morgan fingerprint density at radius 2 is 1.18 bits per heavy atom. The molecule has 14 heteroatoms. The van der Waals surface area contributed by atoms with Crippen molar-refractivity contribution in [3.63, 3.8) is 0 Å². The van der Waals surface area contributed by atoms with Crippen molar-refractivity contribution < 1.29 is 57.7 Å². The van der Waals surface area contributed by atoms with Crippen LogP contribution in [-0.4, -0.2) is 82.3 Å². The summed E-state index contributed by atoms with van der Waals surface area (Å²) >= 11 is 0. The number of rotatable bonds is 38. The fourth-order valence-electron chi connectivity index (χ4n) is 5.07. The van der Waals surface area contributed by atoms with E-state index in [2.05, 4.69) is 73.1 Å². The highest BCUT2D eigenvalue weighted by molar-refractivity contribution is 7.47. The average Bonchev–Trinajstić information content (AvgIpc) is 3.21. The van der Waals surface area contributed by atoms with E-state index in [1.165, 1.54) is 12.8 Å². The third-order valence-corrected chi connectivity index (χ3v) is 9.46. The lowest BCUT2D eigenvalue weighted by Crippen LogP contribution is -2.34. The van der Waals surface area contributed by atoms with Crippen molar-refractivity contribution >= 4 is 25.7 Å². The number of hydrogen-bond acceptors (Lipinski definition) is 11. The van der Waals surface area contributed by atoms with Gasteiger partial charge in [-0.15, -0.1) is 0 Å². The summed E-state index contributed by atoms with van der Waals surface area (Å²) in [7, 11) is -4.79. The molecule has 60 heavy (non-hydrogen) atoms. The Labute approximate surface area is 359 Å². The minimum Gasteiger partial charge on any atom is -0.480 e. The second kappa shape index (κ2) is 39.5. The first-order valence-corrected chi connectivity index (χ1v) is 23.0. The molecule has 0 amide bonds. The second-order valence-corrected chi connectivity index (χ2v) is 15.6. The van der Waals surface area contributed by atoms with E-state index >= 15 is 0 Å². The molecular formula is C46H74NO12P. The zero-order valence-corrected chi connectivity index (χ0v) is 36.9. The number of nitrogens with two attached hydrogens (primary N) is 1. The van der Waals surface area contributed by atoms with Gasteiger partial charge in [0.25, 0.3) is 0 Å². The number of phosphoric acid groups is 1. The Balaban J connectivity index is 4.69. The normalized spacial score (nSPS) is 15.7. The van der Waals surface area contributed by atoms with Crippen molar-refractivity contribution in [1.82, 2.24) is 0 Å². The number of esters is 2. The van der Waals surface area contributed by atoms with Crippen LogP contribution >= 0.6 is 7.82 Å². The maximum Gasteiger partial charge on any atom is 0.472 e. The van der Waals surface area contributed by atoms with Crippen LogP contribution in [0.15, 0.2) is 97.2 Å². The summed E-state index contributed by atoms with van der Waals surface area (Å²) < 4.78 is 32.5. The van der Waals surface area contributed by atoms with Crippen LogP contribution in [0.3, 0.4) is 0 Å². The van der Waals surface area contributed by atoms with Gasteiger partial charge in [-0.3, -0.25) is 23.4 Å². The highest BCUT2D eigenvalue weighted by atomic mass is 31.2. The zero-order chi connectivity index (χ0) is 44.5. The van der Waals surface area contributed by atoms with Crippen LogP contribution in [-0.2, 0) is 37.5 Å². The third-order valence-electron chi connectivity index (χ3n) is 8.51. The smallest absolute Gasteiger partial charge is 0.472 e. The van der Waals surface area contributed by atoms with Crippen LogP contribution in [0.1, 0.15) is 129 Å². The summed E-state index contributed by atoms with van der Waals surface area (Å²) in [5.41, 5.74) is 5.31. The number of hydrogen-bond donors (Lipinski definition) is 5. The van der Waals surface area contributed by atoms with Gasteiger partial charge >= 0.3 is 25.7 Å². The Hall–Kier alpha value is -3.68. The van der Waals surface area contributed by atoms with E-state index in [-0.39, 0.29) is 19.3 Å². The molecule has 0 aromatic heterocycles. The van der Waals surface area contributed by atoms with Crippen molar-refractivity contribution in [2.45, 2.75) is 154 Å². The topological polar surface area (TPSA) is 212 Å². The molecule has 0 saturated heterocycles. The largest absolute Gasteiger partial charge is 0.480 e. The van der Waals surface area contributed by atoms with Crippen LogP contribution in [0.4, 0.5) is 0 Å². The molecule has 5 atom stereocenters. The van der Waals surface area contributed by atoms with Crippen molar-refractivity contribution in [3.8, 4) is 0 Å². The van der Waals surface area contributed by atoms with E-state index < -0.39 is 69.9 Å². The van der Waals surface area contributed by atoms with Gasteiger partial charge in [-0.05, 0) is 77.0 Å². The van der Waals surface area contributed by atoms with Crippen molar-refractivity contribution in [3.05, 3.63) is 97.2 Å². The molecule has 6 N–H and O–H groups in total. The molecule has 0 radical (unpaired) electrons. The van der Waals surface area contributed by atoms with Gasteiger partial charge in [0.15, 0.2) is 6.10 Å². The molecule has 1 unspecified atom stereocenters. The lowest BCUT2D eigenvalue weighted by atomic mass is 10.1. The Kier molecular flexibility index (Phi) is 37.0. The number of carboxylic acid groups (broad SMARTS) is 1. The molecule has 13 nitrogen and oxygen atoms in total. The minimum atomic E-state index is -4.79. The molecular weight excluding hydrogens is 789 g/mol. The first-order chi connectivity index (χ1) is 28.9. The van der Waals surface area contributed by atoms with Crippen LogP contribution in [0, 0.1) is 0 Å². The predicted octanol–water partition coefficient (Wildman–Crippen LogP) is 9.22. The summed E-state index contributed by atoms with van der Waals surface area (Å²) in [6.45, 7) is 2.33. The number of aliphatic carboxylic acids is 1. The van der Waals surface area contributed by atoms with E-state index in [9.17, 15) is 34.1 Å². The summed E-state index contributed by atoms with van der Waals surface area (Å²) in [5.74, 6) is -2.70. The van der Waals surface area contributed by atoms with Crippen molar-refractivity contribution in [1.29, 1.82) is 0 Å². The molecule has 0 saturated carbocycles. The van der Waals surface area contributed by atoms with Gasteiger partial charge in [-0.2, -0.15) is 0 Å². The van der Waals surface area contributed by atoms with E-state index in [4.69, 9.17) is 24.8 Å². The fraction of sp³-hybridized carbons (Fsp3) is 0.587. The summed E-state index contributed by atoms with van der Waals surface area (Å²) in [6.07, 6.45) is 42.4. The van der Waals surface area contributed by atoms with E-state index in [0.29, 0.717) is 19.3 Å². The molecule has 0 heterocycles. The maximum absolute atomic E-state index is 12.6. The molecule has 340 valence electrons. The van der Waals surface area contributed by atoms with Crippen molar-refractivity contribution in [2.24, 2.45) is 5.73 Å². The number of ether oxygens (including phenoxy) is 2. The number of allylic oxidation sites excluding steroid dienone is 13. The molecule has 0 aliphatic heterocycles. The molecule has 0 aromatic rings. The van der Waals surface area contributed by atoms with Gasteiger partial charge in [-0.1, -0.05) is 137 Å². The van der Waals surface area contributed by atoms with Crippen LogP contribution in [0.5, 0.6) is 0 Å². The molecule has 0 aliphatic carbocycles. The van der Waals surface area contributed by atoms with Crippen LogP contribution in [0.25, 0.3) is 0 Å². The molecule has 0 aliphatic rings. The Bertz CT molecular complexity index is 1420. The van der Waals surface area contributed by atoms with Gasteiger partial charge in [-0.25, -0.2) is 4.57 Å². The van der Waals surface area contributed by atoms with Gasteiger partial charge in [0.2, 0.25) is 0 Å². The number of carbonyl (C=O) groups is 3. The Morgan fingerprint density at radius 3 is 1.82 bits per heavy atom. The fourth-order valence-corrected chi connectivity index (χ4v) is 5.85. The van der Waals surface area contributed by atoms with Crippen LogP contribution < -0.4 is 5.73 Å². The first kappa shape index (κ1) is 56.3. The highest BCUT2D eigenvalue weighted by Gasteiger charge is 2.28. The average molecular weight is 864 g/mol. The number of unbranched alkanes of at least 4 members (excludes halogenated alkanes) is 7. The van der Waals surface area contributed by atoms with E-state index in [0.717, 1.165) is 64.2 Å². The Morgan fingerprint density at radius 1 is 0.633 bits per heavy atom. The molecule has 0 spiro atoms. The quantitative estimate of drug-likeness (QED) is 0.0129. The lowest BCUT2D eigenvalue weighted by Gasteiger charge is -2.20. The summed E-state index contributed by atoms with van der Waals surface area (Å²) in [6, 6.07) is -1.57. The van der Waals surface area contributed by atoms with Gasteiger partial charge in [0.05, 0.1) is 25.4 Å². The summed E-state index contributed by atoms with van der Waals surface area (Å²) in [5, 5.41) is 29.2. The first-order valence-electron chi connectivity index (χ1n) is 21.5. The van der Waals surface area contributed by atoms with E-state index in [1.54, 1.807) is 36.5 Å². The lowest BCUT2D eigenvalue weighted by molar-refractivity contribution is -0.161. The zero-order valence-electron chi connectivity index (χ0n) is 36.0. The SMILES string of the molecule is CC/C=C\C/C=C\C/C=C\C/C=C\CCCCCCC(=O)O[C@H](COC(=O)CCC[C@H](O)\C=C/C=C/C=C/[C@H](O)C/C=C\CCCCC)COP(=O)(O)OC[C@H](N)C(=O)O. The number of phosphoric ester groups is 1. The second-order valence-electron chi connectivity index (χ2n) is 14.1. The van der Waals surface area contributed by atoms with Gasteiger partial charge in [0, 0.05) is 12.8 Å². The highest BCUT2D eigenvalue weighted by Crippen LogP contribution is 2.43. The van der Waals surface area contributed by atoms with Gasteiger partial charge in [0.1, 0.15) is 12.6 Å². The van der Waals surface area contributed by atoms with Crippen LogP contribution in [0.2, 0.25) is 0 Å². The predicted molar refractivity (Wildman–Crippen MR) is 238 cm³/mol. The third kappa shape index (κ3) is 38.5. The number of carboxylic acids is 1.